The fourth-order valence-corrected chi connectivity index (χ4v) is 10.7. The van der Waals surface area contributed by atoms with Crippen LogP contribution in [-0.4, -0.2) is 24.1 Å². The fraction of sp³-hybridized carbons (Fsp3) is 0. The van der Waals surface area contributed by atoms with Crippen molar-refractivity contribution in [3.8, 4) is 45.5 Å². The number of para-hydroxylation sites is 4. The van der Waals surface area contributed by atoms with E-state index >= 15 is 0 Å². The van der Waals surface area contributed by atoms with Crippen LogP contribution < -0.4 is 0 Å². The lowest BCUT2D eigenvalue weighted by atomic mass is 10.0. The van der Waals surface area contributed by atoms with Crippen molar-refractivity contribution in [3.63, 3.8) is 0 Å². The molecule has 0 fully saturated rings. The molecule has 5 nitrogen and oxygen atoms in total. The highest BCUT2D eigenvalue weighted by molar-refractivity contribution is 7.26. The van der Waals surface area contributed by atoms with Crippen LogP contribution in [0, 0.1) is 0 Å². The summed E-state index contributed by atoms with van der Waals surface area (Å²) in [4.78, 5) is 16.3. The molecule has 0 saturated carbocycles. The van der Waals surface area contributed by atoms with Gasteiger partial charge in [0.15, 0.2) is 17.5 Å². The van der Waals surface area contributed by atoms with E-state index in [1.54, 1.807) is 0 Å². The Hall–Kier alpha value is -7.93. The minimum Gasteiger partial charge on any atom is -0.309 e. The molecule has 6 heteroatoms. The molecule has 0 spiro atoms. The van der Waals surface area contributed by atoms with Crippen molar-refractivity contribution in [2.45, 2.75) is 0 Å². The van der Waals surface area contributed by atoms with Crippen LogP contribution in [0.2, 0.25) is 0 Å². The van der Waals surface area contributed by atoms with E-state index < -0.39 is 0 Å². The molecule has 0 unspecified atom stereocenters. The van der Waals surface area contributed by atoms with E-state index in [4.69, 9.17) is 15.0 Å². The summed E-state index contributed by atoms with van der Waals surface area (Å²) < 4.78 is 7.24. The van der Waals surface area contributed by atoms with Crippen LogP contribution in [0.25, 0.3) is 120 Å². The summed E-state index contributed by atoms with van der Waals surface area (Å²) in [5.41, 5.74) is 9.40. The number of hydrogen-bond acceptors (Lipinski definition) is 4. The van der Waals surface area contributed by atoms with E-state index in [0.717, 1.165) is 55.5 Å². The zero-order valence-corrected chi connectivity index (χ0v) is 33.5. The first-order chi connectivity index (χ1) is 30.3. The van der Waals surface area contributed by atoms with Crippen LogP contribution in [0.1, 0.15) is 0 Å². The second kappa shape index (κ2) is 13.3. The van der Waals surface area contributed by atoms with Crippen molar-refractivity contribution in [2.75, 3.05) is 0 Å². The van der Waals surface area contributed by atoms with Gasteiger partial charge in [0, 0.05) is 59.4 Å². The summed E-state index contributed by atoms with van der Waals surface area (Å²) in [6.07, 6.45) is 0. The van der Waals surface area contributed by atoms with Crippen molar-refractivity contribution in [1.29, 1.82) is 0 Å². The Morgan fingerprint density at radius 2 is 0.951 bits per heavy atom. The number of thiophene rings is 1. The Morgan fingerprint density at radius 1 is 0.361 bits per heavy atom. The van der Waals surface area contributed by atoms with Crippen LogP contribution in [0.15, 0.2) is 200 Å². The van der Waals surface area contributed by atoms with Gasteiger partial charge in [-0.1, -0.05) is 146 Å². The van der Waals surface area contributed by atoms with E-state index in [1.807, 2.05) is 29.5 Å². The minimum absolute atomic E-state index is 0.615. The van der Waals surface area contributed by atoms with E-state index in [0.29, 0.717) is 17.5 Å². The summed E-state index contributed by atoms with van der Waals surface area (Å²) >= 11 is 1.83. The second-order valence-corrected chi connectivity index (χ2v) is 16.6. The third kappa shape index (κ3) is 5.16. The summed E-state index contributed by atoms with van der Waals surface area (Å²) in [6.45, 7) is 0. The highest BCUT2D eigenvalue weighted by Crippen LogP contribution is 2.46. The van der Waals surface area contributed by atoms with E-state index in [9.17, 15) is 0 Å². The van der Waals surface area contributed by atoms with Crippen LogP contribution in [0.4, 0.5) is 0 Å². The predicted octanol–water partition coefficient (Wildman–Crippen LogP) is 14.6. The van der Waals surface area contributed by atoms with Gasteiger partial charge in [-0.25, -0.2) is 15.0 Å². The lowest BCUT2D eigenvalue weighted by Gasteiger charge is -2.16. The van der Waals surface area contributed by atoms with Gasteiger partial charge in [0.05, 0.1) is 32.5 Å². The minimum atomic E-state index is 0.615. The molecule has 13 rings (SSSR count). The molecular formula is C55H33N5S. The maximum absolute atomic E-state index is 5.55. The third-order valence-corrected chi connectivity index (χ3v) is 13.3. The van der Waals surface area contributed by atoms with Crippen LogP contribution >= 0.6 is 11.3 Å². The Balaban J connectivity index is 1.17. The highest BCUT2D eigenvalue weighted by atomic mass is 32.1. The summed E-state index contributed by atoms with van der Waals surface area (Å²) in [7, 11) is 0. The van der Waals surface area contributed by atoms with Crippen LogP contribution in [0.5, 0.6) is 0 Å². The summed E-state index contributed by atoms with van der Waals surface area (Å²) in [5, 5.41) is 9.59. The SMILES string of the molecule is c1ccc(-c2nc(-c3ccc4c(sc5ccccc54)c3-n3c4ccccc4c4cc5ccccc5cc43)nc(-c3cccc4c5ccccc5n(-c5ccccc5)c34)n2)cc1. The molecule has 0 bridgehead atoms. The molecule has 0 aliphatic rings. The first kappa shape index (κ1) is 34.0. The van der Waals surface area contributed by atoms with Gasteiger partial charge in [0.2, 0.25) is 0 Å². The molecule has 0 amide bonds. The third-order valence-electron chi connectivity index (χ3n) is 12.1. The molecule has 0 radical (unpaired) electrons. The van der Waals surface area contributed by atoms with Gasteiger partial charge in [-0.15, -0.1) is 11.3 Å². The van der Waals surface area contributed by atoms with E-state index in [2.05, 4.69) is 191 Å². The number of rotatable bonds is 5. The quantitative estimate of drug-likeness (QED) is 0.174. The molecule has 4 aromatic heterocycles. The normalized spacial score (nSPS) is 11.9. The van der Waals surface area contributed by atoms with Gasteiger partial charge >= 0.3 is 0 Å². The average Bonchev–Trinajstić information content (AvgIpc) is 3.98. The Bertz CT molecular complexity index is 3880. The van der Waals surface area contributed by atoms with Gasteiger partial charge < -0.3 is 9.13 Å². The van der Waals surface area contributed by atoms with Crippen molar-refractivity contribution >= 4 is 85.9 Å². The maximum Gasteiger partial charge on any atom is 0.166 e. The summed E-state index contributed by atoms with van der Waals surface area (Å²) in [6, 6.07) is 71.3. The van der Waals surface area contributed by atoms with E-state index in [-0.39, 0.29) is 0 Å². The lowest BCUT2D eigenvalue weighted by Crippen LogP contribution is -2.04. The van der Waals surface area contributed by atoms with Gasteiger partial charge in [0.25, 0.3) is 0 Å². The fourth-order valence-electron chi connectivity index (χ4n) is 9.45. The van der Waals surface area contributed by atoms with Gasteiger partial charge in [-0.2, -0.15) is 0 Å². The number of benzene rings is 9. The molecule has 13 aromatic rings. The topological polar surface area (TPSA) is 48.5 Å². The van der Waals surface area contributed by atoms with Crippen molar-refractivity contribution < 1.29 is 0 Å². The number of aromatic nitrogens is 5. The molecule has 61 heavy (non-hydrogen) atoms. The number of fused-ring (bicyclic) bond motifs is 10. The molecule has 0 atom stereocenters. The lowest BCUT2D eigenvalue weighted by molar-refractivity contribution is 1.07. The van der Waals surface area contributed by atoms with Crippen LogP contribution in [-0.2, 0) is 0 Å². The Labute approximate surface area is 354 Å². The second-order valence-electron chi connectivity index (χ2n) is 15.6. The highest BCUT2D eigenvalue weighted by Gasteiger charge is 2.25. The smallest absolute Gasteiger partial charge is 0.166 e. The van der Waals surface area contributed by atoms with Gasteiger partial charge in [-0.05, 0) is 65.4 Å². The van der Waals surface area contributed by atoms with Gasteiger partial charge in [-0.3, -0.25) is 0 Å². The Morgan fingerprint density at radius 3 is 1.74 bits per heavy atom. The van der Waals surface area contributed by atoms with Crippen LogP contribution in [0.3, 0.4) is 0 Å². The molecule has 4 heterocycles. The zero-order valence-electron chi connectivity index (χ0n) is 32.7. The van der Waals surface area contributed by atoms with Crippen molar-refractivity contribution in [1.82, 2.24) is 24.1 Å². The first-order valence-corrected chi connectivity index (χ1v) is 21.3. The molecule has 0 N–H and O–H groups in total. The largest absolute Gasteiger partial charge is 0.309 e. The zero-order chi connectivity index (χ0) is 40.0. The standard InChI is InChI=1S/C55H33N5S/c1-3-16-34(17-4-1)53-56-54(43-26-15-25-41-38-22-9-12-27-46(38)59(50(41)43)37-20-5-2-6-21-37)58-55(57-53)44-31-30-42-40-24-11-14-29-49(40)61-52(42)51(44)60-47-28-13-10-23-39(47)45-32-35-18-7-8-19-36(35)33-48(45)60/h1-33H. The molecule has 284 valence electrons. The molecule has 0 aliphatic heterocycles. The average molecular weight is 796 g/mol. The number of nitrogens with zero attached hydrogens (tertiary/aromatic N) is 5. The molecule has 0 aliphatic carbocycles. The number of hydrogen-bond donors (Lipinski definition) is 0. The van der Waals surface area contributed by atoms with Crippen molar-refractivity contribution in [2.24, 2.45) is 0 Å². The summed E-state index contributed by atoms with van der Waals surface area (Å²) in [5.74, 6) is 1.85. The van der Waals surface area contributed by atoms with E-state index in [1.165, 1.54) is 47.1 Å². The maximum atomic E-state index is 5.55. The first-order valence-electron chi connectivity index (χ1n) is 20.5. The monoisotopic (exact) mass is 795 g/mol. The van der Waals surface area contributed by atoms with Gasteiger partial charge in [0.1, 0.15) is 0 Å². The van der Waals surface area contributed by atoms with Crippen molar-refractivity contribution in [3.05, 3.63) is 200 Å². The predicted molar refractivity (Wildman–Crippen MR) is 255 cm³/mol. The molecule has 9 aromatic carbocycles. The molecule has 0 saturated heterocycles. The molecular weight excluding hydrogens is 763 g/mol. The Kier molecular flexibility index (Phi) is 7.41.